The van der Waals surface area contributed by atoms with Crippen molar-refractivity contribution in [3.63, 3.8) is 0 Å². The van der Waals surface area contributed by atoms with Crippen LogP contribution in [-0.2, 0) is 4.79 Å². The summed E-state index contributed by atoms with van der Waals surface area (Å²) in [6.07, 6.45) is 1.56. The number of rotatable bonds is 3. The van der Waals surface area contributed by atoms with E-state index < -0.39 is 5.97 Å². The van der Waals surface area contributed by atoms with Crippen molar-refractivity contribution in [1.29, 1.82) is 0 Å². The lowest BCUT2D eigenvalue weighted by Gasteiger charge is -2.34. The zero-order valence-electron chi connectivity index (χ0n) is 8.49. The summed E-state index contributed by atoms with van der Waals surface area (Å²) in [5.41, 5.74) is 0. The minimum atomic E-state index is -0.689. The van der Waals surface area contributed by atoms with Gasteiger partial charge in [-0.2, -0.15) is 0 Å². The first-order valence-electron chi connectivity index (χ1n) is 5.02. The molecule has 0 amide bonds. The first kappa shape index (κ1) is 10.5. The molecule has 0 aromatic carbocycles. The largest absolute Gasteiger partial charge is 0.481 e. The van der Waals surface area contributed by atoms with Crippen LogP contribution in [0.15, 0.2) is 0 Å². The van der Waals surface area contributed by atoms with E-state index >= 15 is 0 Å². The summed E-state index contributed by atoms with van der Waals surface area (Å²) in [6.45, 7) is 7.33. The van der Waals surface area contributed by atoms with Gasteiger partial charge in [-0.15, -0.1) is 0 Å². The van der Waals surface area contributed by atoms with Gasteiger partial charge in [-0.05, 0) is 18.3 Å². The molecule has 0 unspecified atom stereocenters. The van der Waals surface area contributed by atoms with E-state index in [0.717, 1.165) is 24.9 Å². The highest BCUT2D eigenvalue weighted by atomic mass is 16.4. The highest BCUT2D eigenvalue weighted by molar-refractivity contribution is 5.66. The van der Waals surface area contributed by atoms with E-state index in [4.69, 9.17) is 5.11 Å². The van der Waals surface area contributed by atoms with E-state index in [0.29, 0.717) is 6.54 Å². The normalized spacial score (nSPS) is 30.3. The second kappa shape index (κ2) is 4.61. The average Bonchev–Trinajstić information content (AvgIpc) is 1.99. The van der Waals surface area contributed by atoms with Crippen molar-refractivity contribution >= 4 is 5.97 Å². The molecule has 1 N–H and O–H groups in total. The molecule has 3 heteroatoms. The fourth-order valence-corrected chi connectivity index (χ4v) is 2.23. The summed E-state index contributed by atoms with van der Waals surface area (Å²) in [4.78, 5) is 12.6. The number of carboxylic acid groups (broad SMARTS) is 1. The van der Waals surface area contributed by atoms with Gasteiger partial charge in [-0.1, -0.05) is 13.8 Å². The smallest absolute Gasteiger partial charge is 0.304 e. The highest BCUT2D eigenvalue weighted by Gasteiger charge is 2.21. The molecule has 0 saturated carbocycles. The molecule has 2 atom stereocenters. The standard InChI is InChI=1S/C10H19NO2/c1-8-5-9(2)7-11(6-8)4-3-10(12)13/h8-9H,3-7H2,1-2H3,(H,12,13)/t8-,9-/m0/s1. The molecule has 1 aliphatic heterocycles. The number of carboxylic acids is 1. The van der Waals surface area contributed by atoms with Gasteiger partial charge in [0.2, 0.25) is 0 Å². The molecular weight excluding hydrogens is 166 g/mol. The second-order valence-corrected chi connectivity index (χ2v) is 4.35. The third-order valence-electron chi connectivity index (χ3n) is 2.59. The summed E-state index contributed by atoms with van der Waals surface area (Å²) in [5.74, 6) is 0.751. The molecule has 0 radical (unpaired) electrons. The third-order valence-corrected chi connectivity index (χ3v) is 2.59. The molecule has 13 heavy (non-hydrogen) atoms. The first-order chi connectivity index (χ1) is 6.08. The molecule has 0 bridgehead atoms. The number of aliphatic carboxylic acids is 1. The zero-order valence-corrected chi connectivity index (χ0v) is 8.49. The Kier molecular flexibility index (Phi) is 3.72. The number of piperidine rings is 1. The van der Waals surface area contributed by atoms with Crippen LogP contribution in [0.25, 0.3) is 0 Å². The molecule has 0 aliphatic carbocycles. The van der Waals surface area contributed by atoms with Crippen molar-refractivity contribution < 1.29 is 9.90 Å². The van der Waals surface area contributed by atoms with Crippen molar-refractivity contribution in [1.82, 2.24) is 4.90 Å². The quantitative estimate of drug-likeness (QED) is 0.723. The Morgan fingerprint density at radius 3 is 2.38 bits per heavy atom. The molecular formula is C10H19NO2. The Balaban J connectivity index is 2.28. The van der Waals surface area contributed by atoms with Crippen LogP contribution in [0, 0.1) is 11.8 Å². The van der Waals surface area contributed by atoms with Crippen LogP contribution in [0.1, 0.15) is 26.7 Å². The fourth-order valence-electron chi connectivity index (χ4n) is 2.23. The van der Waals surface area contributed by atoms with Crippen LogP contribution in [0.5, 0.6) is 0 Å². The topological polar surface area (TPSA) is 40.5 Å². The Hall–Kier alpha value is -0.570. The van der Waals surface area contributed by atoms with Gasteiger partial charge < -0.3 is 10.0 Å². The van der Waals surface area contributed by atoms with E-state index in [1.54, 1.807) is 0 Å². The fraction of sp³-hybridized carbons (Fsp3) is 0.900. The summed E-state index contributed by atoms with van der Waals surface area (Å²) < 4.78 is 0. The maximum absolute atomic E-state index is 10.4. The Morgan fingerprint density at radius 2 is 1.92 bits per heavy atom. The molecule has 1 aliphatic rings. The van der Waals surface area contributed by atoms with Gasteiger partial charge in [0.15, 0.2) is 0 Å². The van der Waals surface area contributed by atoms with Gasteiger partial charge >= 0.3 is 5.97 Å². The van der Waals surface area contributed by atoms with Gasteiger partial charge in [0, 0.05) is 19.6 Å². The van der Waals surface area contributed by atoms with Gasteiger partial charge in [0.1, 0.15) is 0 Å². The minimum absolute atomic E-state index is 0.277. The van der Waals surface area contributed by atoms with Crippen LogP contribution < -0.4 is 0 Å². The van der Waals surface area contributed by atoms with Gasteiger partial charge in [0.05, 0.1) is 6.42 Å². The molecule has 1 saturated heterocycles. The predicted octanol–water partition coefficient (Wildman–Crippen LogP) is 1.44. The number of nitrogens with zero attached hydrogens (tertiary/aromatic N) is 1. The van der Waals surface area contributed by atoms with Crippen LogP contribution in [0.2, 0.25) is 0 Å². The van der Waals surface area contributed by atoms with Crippen LogP contribution in [-0.4, -0.2) is 35.6 Å². The lowest BCUT2D eigenvalue weighted by Crippen LogP contribution is -2.39. The van der Waals surface area contributed by atoms with Crippen LogP contribution in [0.3, 0.4) is 0 Å². The molecule has 76 valence electrons. The second-order valence-electron chi connectivity index (χ2n) is 4.35. The lowest BCUT2D eigenvalue weighted by molar-refractivity contribution is -0.137. The van der Waals surface area contributed by atoms with E-state index in [1.807, 2.05) is 0 Å². The Bertz CT molecular complexity index is 172. The van der Waals surface area contributed by atoms with E-state index in [2.05, 4.69) is 18.7 Å². The molecule has 3 nitrogen and oxygen atoms in total. The molecule has 1 rings (SSSR count). The highest BCUT2D eigenvalue weighted by Crippen LogP contribution is 2.20. The van der Waals surface area contributed by atoms with Gasteiger partial charge in [-0.25, -0.2) is 0 Å². The maximum atomic E-state index is 10.4. The number of hydrogen-bond donors (Lipinski definition) is 1. The van der Waals surface area contributed by atoms with Crippen molar-refractivity contribution in [2.24, 2.45) is 11.8 Å². The van der Waals surface area contributed by atoms with Crippen molar-refractivity contribution in [3.05, 3.63) is 0 Å². The molecule has 0 aromatic heterocycles. The average molecular weight is 185 g/mol. The molecule has 1 fully saturated rings. The number of likely N-dealkylation sites (tertiary alicyclic amines) is 1. The van der Waals surface area contributed by atoms with Crippen LogP contribution in [0.4, 0.5) is 0 Å². The maximum Gasteiger partial charge on any atom is 0.304 e. The monoisotopic (exact) mass is 185 g/mol. The van der Waals surface area contributed by atoms with Crippen molar-refractivity contribution in [2.45, 2.75) is 26.7 Å². The van der Waals surface area contributed by atoms with Crippen LogP contribution >= 0.6 is 0 Å². The number of hydrogen-bond acceptors (Lipinski definition) is 2. The van der Waals surface area contributed by atoms with Crippen molar-refractivity contribution in [2.75, 3.05) is 19.6 Å². The van der Waals surface area contributed by atoms with E-state index in [-0.39, 0.29) is 6.42 Å². The number of carbonyl (C=O) groups is 1. The van der Waals surface area contributed by atoms with Gasteiger partial charge in [-0.3, -0.25) is 4.79 Å². The summed E-state index contributed by atoms with van der Waals surface area (Å²) in [6, 6.07) is 0. The minimum Gasteiger partial charge on any atom is -0.481 e. The van der Waals surface area contributed by atoms with Gasteiger partial charge in [0.25, 0.3) is 0 Å². The van der Waals surface area contributed by atoms with Crippen molar-refractivity contribution in [3.8, 4) is 0 Å². The van der Waals surface area contributed by atoms with E-state index in [1.165, 1.54) is 6.42 Å². The molecule has 0 aromatic rings. The summed E-state index contributed by atoms with van der Waals surface area (Å²) in [7, 11) is 0. The predicted molar refractivity (Wildman–Crippen MR) is 51.6 cm³/mol. The summed E-state index contributed by atoms with van der Waals surface area (Å²) >= 11 is 0. The SMILES string of the molecule is C[C@H]1C[C@H](C)CN(CCC(=O)O)C1. The Labute approximate surface area is 79.7 Å². The lowest BCUT2D eigenvalue weighted by atomic mass is 9.92. The first-order valence-corrected chi connectivity index (χ1v) is 5.02. The molecule has 0 spiro atoms. The molecule has 1 heterocycles. The van der Waals surface area contributed by atoms with E-state index in [9.17, 15) is 4.79 Å². The Morgan fingerprint density at radius 1 is 1.38 bits per heavy atom. The summed E-state index contributed by atoms with van der Waals surface area (Å²) in [5, 5.41) is 8.55. The zero-order chi connectivity index (χ0) is 9.84. The third kappa shape index (κ3) is 3.77.